The molecule has 0 aliphatic carbocycles. The lowest BCUT2D eigenvalue weighted by Crippen LogP contribution is -2.28. The summed E-state index contributed by atoms with van der Waals surface area (Å²) >= 11 is 3.17. The summed E-state index contributed by atoms with van der Waals surface area (Å²) in [7, 11) is 0. The fourth-order valence-electron chi connectivity index (χ4n) is 0.931. The van der Waals surface area contributed by atoms with E-state index in [9.17, 15) is 9.59 Å². The summed E-state index contributed by atoms with van der Waals surface area (Å²) in [5.74, 6) is -0.767. The summed E-state index contributed by atoms with van der Waals surface area (Å²) in [4.78, 5) is 22.1. The first-order valence-electron chi connectivity index (χ1n) is 4.69. The molecule has 15 heavy (non-hydrogen) atoms. The van der Waals surface area contributed by atoms with Crippen molar-refractivity contribution in [1.82, 2.24) is 0 Å². The van der Waals surface area contributed by atoms with E-state index in [1.54, 1.807) is 20.8 Å². The van der Waals surface area contributed by atoms with Crippen molar-refractivity contribution in [1.29, 1.82) is 0 Å². The number of carbonyl (C=O) groups excluding carboxylic acids is 2. The minimum absolute atomic E-state index is 0.0715. The highest BCUT2D eigenvalue weighted by Gasteiger charge is 2.21. The lowest BCUT2D eigenvalue weighted by Gasteiger charge is -2.21. The summed E-state index contributed by atoms with van der Waals surface area (Å²) in [5.41, 5.74) is -0.510. The molecular weight excluding hydrogens is 264 g/mol. The second kappa shape index (κ2) is 6.10. The molecule has 0 spiro atoms. The maximum atomic E-state index is 11.4. The summed E-state index contributed by atoms with van der Waals surface area (Å²) in [6, 6.07) is 0. The zero-order valence-corrected chi connectivity index (χ0v) is 11.1. The molecule has 0 saturated heterocycles. The minimum Gasteiger partial charge on any atom is -0.461 e. The van der Waals surface area contributed by atoms with Gasteiger partial charge in [-0.1, -0.05) is 15.9 Å². The molecule has 4 nitrogen and oxygen atoms in total. The fourth-order valence-corrected chi connectivity index (χ4v) is 1.29. The molecule has 5 heteroatoms. The Bertz CT molecular complexity index is 232. The highest BCUT2D eigenvalue weighted by Crippen LogP contribution is 2.11. The molecule has 0 aromatic rings. The molecule has 0 rings (SSSR count). The number of hydrogen-bond donors (Lipinski definition) is 0. The quantitative estimate of drug-likeness (QED) is 0.584. The molecule has 1 unspecified atom stereocenters. The number of esters is 2. The van der Waals surface area contributed by atoms with Crippen molar-refractivity contribution in [2.45, 2.75) is 45.8 Å². The van der Waals surface area contributed by atoms with Crippen LogP contribution in [0.4, 0.5) is 0 Å². The van der Waals surface area contributed by atoms with Crippen molar-refractivity contribution in [3.63, 3.8) is 0 Å². The van der Waals surface area contributed by atoms with Crippen molar-refractivity contribution < 1.29 is 19.1 Å². The molecule has 0 fully saturated rings. The predicted octanol–water partition coefficient (Wildman–Crippen LogP) is 2.04. The lowest BCUT2D eigenvalue weighted by atomic mass is 10.2. The maximum Gasteiger partial charge on any atom is 0.310 e. The van der Waals surface area contributed by atoms with Crippen molar-refractivity contribution >= 4 is 27.9 Å². The average Bonchev–Trinajstić information content (AvgIpc) is 1.98. The molecule has 0 amide bonds. The molecule has 0 aliphatic rings. The van der Waals surface area contributed by atoms with Gasteiger partial charge in [0, 0.05) is 12.3 Å². The van der Waals surface area contributed by atoms with Crippen LogP contribution in [0.15, 0.2) is 0 Å². The molecule has 1 atom stereocenters. The van der Waals surface area contributed by atoms with Crippen LogP contribution in [0.25, 0.3) is 0 Å². The molecule has 0 aromatic heterocycles. The molecule has 0 bridgehead atoms. The van der Waals surface area contributed by atoms with E-state index < -0.39 is 17.7 Å². The lowest BCUT2D eigenvalue weighted by molar-refractivity contribution is -0.159. The Morgan fingerprint density at radius 1 is 1.33 bits per heavy atom. The van der Waals surface area contributed by atoms with Crippen LogP contribution >= 0.6 is 15.9 Å². The van der Waals surface area contributed by atoms with Gasteiger partial charge >= 0.3 is 11.9 Å². The topological polar surface area (TPSA) is 52.6 Å². The van der Waals surface area contributed by atoms with Crippen LogP contribution in [-0.2, 0) is 19.1 Å². The van der Waals surface area contributed by atoms with Crippen LogP contribution in [0.5, 0.6) is 0 Å². The van der Waals surface area contributed by atoms with Crippen molar-refractivity contribution in [2.24, 2.45) is 0 Å². The number of rotatable bonds is 4. The smallest absolute Gasteiger partial charge is 0.310 e. The van der Waals surface area contributed by atoms with Crippen LogP contribution in [0, 0.1) is 0 Å². The van der Waals surface area contributed by atoms with Gasteiger partial charge in [-0.15, -0.1) is 0 Å². The van der Waals surface area contributed by atoms with Crippen LogP contribution in [0.3, 0.4) is 0 Å². The molecule has 0 radical (unpaired) electrons. The van der Waals surface area contributed by atoms with Gasteiger partial charge in [0.05, 0.1) is 6.42 Å². The van der Waals surface area contributed by atoms with E-state index in [-0.39, 0.29) is 12.4 Å². The van der Waals surface area contributed by atoms with Gasteiger partial charge in [-0.2, -0.15) is 0 Å². The third-order valence-electron chi connectivity index (χ3n) is 1.32. The van der Waals surface area contributed by atoms with E-state index in [1.165, 1.54) is 6.92 Å². The van der Waals surface area contributed by atoms with Gasteiger partial charge < -0.3 is 9.47 Å². The highest BCUT2D eigenvalue weighted by atomic mass is 79.9. The van der Waals surface area contributed by atoms with E-state index in [2.05, 4.69) is 15.9 Å². The first-order valence-corrected chi connectivity index (χ1v) is 5.82. The minimum atomic E-state index is -0.510. The van der Waals surface area contributed by atoms with Gasteiger partial charge in [0.1, 0.15) is 11.7 Å². The van der Waals surface area contributed by atoms with Crippen molar-refractivity contribution in [3.8, 4) is 0 Å². The monoisotopic (exact) mass is 280 g/mol. The summed E-state index contributed by atoms with van der Waals surface area (Å²) in [6.07, 6.45) is -0.389. The number of carbonyl (C=O) groups is 2. The summed E-state index contributed by atoms with van der Waals surface area (Å²) in [5, 5.41) is 0.422. The Morgan fingerprint density at radius 3 is 2.20 bits per heavy atom. The molecule has 0 heterocycles. The highest BCUT2D eigenvalue weighted by molar-refractivity contribution is 9.09. The van der Waals surface area contributed by atoms with E-state index in [4.69, 9.17) is 9.47 Å². The summed E-state index contributed by atoms with van der Waals surface area (Å²) in [6.45, 7) is 6.68. The third kappa shape index (κ3) is 8.42. The molecule has 0 N–H and O–H groups in total. The van der Waals surface area contributed by atoms with Gasteiger partial charge in [-0.25, -0.2) is 0 Å². The van der Waals surface area contributed by atoms with Crippen LogP contribution in [0.2, 0.25) is 0 Å². The number of alkyl halides is 1. The first kappa shape index (κ1) is 14.4. The van der Waals surface area contributed by atoms with Gasteiger partial charge in [-0.05, 0) is 20.8 Å². The normalized spacial score (nSPS) is 13.1. The van der Waals surface area contributed by atoms with Gasteiger partial charge in [0.25, 0.3) is 0 Å². The Kier molecular flexibility index (Phi) is 5.87. The van der Waals surface area contributed by atoms with Crippen molar-refractivity contribution in [2.75, 3.05) is 5.33 Å². The van der Waals surface area contributed by atoms with Gasteiger partial charge in [-0.3, -0.25) is 9.59 Å². The van der Waals surface area contributed by atoms with E-state index in [0.29, 0.717) is 5.33 Å². The van der Waals surface area contributed by atoms with Gasteiger partial charge in [0.15, 0.2) is 0 Å². The molecule has 0 aromatic carbocycles. The standard InChI is InChI=1S/C10H17BrO4/c1-7(12)14-8(6-11)5-9(13)15-10(2,3)4/h8H,5-6H2,1-4H3. The predicted molar refractivity (Wildman–Crippen MR) is 59.8 cm³/mol. The Morgan fingerprint density at radius 2 is 1.87 bits per heavy atom. The zero-order valence-electron chi connectivity index (χ0n) is 9.50. The molecule has 0 aliphatic heterocycles. The van der Waals surface area contributed by atoms with E-state index >= 15 is 0 Å². The Labute approximate surface area is 98.4 Å². The first-order chi connectivity index (χ1) is 6.74. The Hall–Kier alpha value is -0.580. The largest absolute Gasteiger partial charge is 0.461 e. The van der Waals surface area contributed by atoms with Crippen LogP contribution in [-0.4, -0.2) is 29.0 Å². The molecular formula is C10H17BrO4. The SMILES string of the molecule is CC(=O)OC(CBr)CC(=O)OC(C)(C)C. The van der Waals surface area contributed by atoms with E-state index in [1.807, 2.05) is 0 Å². The zero-order chi connectivity index (χ0) is 12.1. The molecule has 0 saturated carbocycles. The van der Waals surface area contributed by atoms with Crippen molar-refractivity contribution in [3.05, 3.63) is 0 Å². The second-order valence-electron chi connectivity index (χ2n) is 4.18. The van der Waals surface area contributed by atoms with Crippen LogP contribution in [0.1, 0.15) is 34.1 Å². The number of halogens is 1. The Balaban J connectivity index is 4.07. The summed E-state index contributed by atoms with van der Waals surface area (Å²) < 4.78 is 10.00. The van der Waals surface area contributed by atoms with Crippen LogP contribution < -0.4 is 0 Å². The third-order valence-corrected chi connectivity index (χ3v) is 2.04. The van der Waals surface area contributed by atoms with Gasteiger partial charge in [0.2, 0.25) is 0 Å². The second-order valence-corrected chi connectivity index (χ2v) is 4.82. The fraction of sp³-hybridized carbons (Fsp3) is 0.800. The molecule has 88 valence electrons. The number of hydrogen-bond acceptors (Lipinski definition) is 4. The number of ether oxygens (including phenoxy) is 2. The average molecular weight is 281 g/mol. The van der Waals surface area contributed by atoms with E-state index in [0.717, 1.165) is 0 Å². The maximum absolute atomic E-state index is 11.4.